The zero-order valence-electron chi connectivity index (χ0n) is 14.7. The zero-order valence-corrected chi connectivity index (χ0v) is 16.4. The molecule has 6 nitrogen and oxygen atoms in total. The van der Waals surface area contributed by atoms with E-state index in [0.29, 0.717) is 11.1 Å². The van der Waals surface area contributed by atoms with Crippen LogP contribution in [0.25, 0.3) is 16.2 Å². The molecule has 25 heavy (non-hydrogen) atoms. The van der Waals surface area contributed by atoms with Crippen LogP contribution in [0.5, 0.6) is 5.75 Å². The Morgan fingerprint density at radius 2 is 1.80 bits per heavy atom. The van der Waals surface area contributed by atoms with Crippen molar-refractivity contribution in [1.82, 2.24) is 9.38 Å². The smallest absolute Gasteiger partial charge is 0.380 e. The number of aromatic nitrogens is 2. The van der Waals surface area contributed by atoms with E-state index in [0.717, 1.165) is 22.0 Å². The van der Waals surface area contributed by atoms with Crippen molar-refractivity contribution in [2.75, 3.05) is 20.3 Å². The van der Waals surface area contributed by atoms with Gasteiger partial charge in [0.2, 0.25) is 0 Å². The van der Waals surface area contributed by atoms with E-state index in [9.17, 15) is 4.57 Å². The fourth-order valence-corrected chi connectivity index (χ4v) is 5.54. The van der Waals surface area contributed by atoms with E-state index in [-0.39, 0.29) is 13.2 Å². The maximum absolute atomic E-state index is 13.5. The summed E-state index contributed by atoms with van der Waals surface area (Å²) < 4.78 is 31.8. The van der Waals surface area contributed by atoms with Gasteiger partial charge in [-0.15, -0.1) is 11.3 Å². The molecule has 0 atom stereocenters. The first-order valence-electron chi connectivity index (χ1n) is 8.04. The van der Waals surface area contributed by atoms with Crippen molar-refractivity contribution in [2.24, 2.45) is 0 Å². The lowest BCUT2D eigenvalue weighted by atomic mass is 10.1. The van der Waals surface area contributed by atoms with Crippen molar-refractivity contribution < 1.29 is 18.3 Å². The molecule has 3 rings (SSSR count). The van der Waals surface area contributed by atoms with Gasteiger partial charge >= 0.3 is 7.60 Å². The van der Waals surface area contributed by atoms with E-state index in [2.05, 4.69) is 0 Å². The van der Waals surface area contributed by atoms with Gasteiger partial charge in [0.15, 0.2) is 10.4 Å². The maximum atomic E-state index is 13.5. The molecule has 0 bridgehead atoms. The number of nitrogens with zero attached hydrogens (tertiary/aromatic N) is 2. The van der Waals surface area contributed by atoms with Gasteiger partial charge in [0.25, 0.3) is 0 Å². The molecular weight excluding hydrogens is 359 g/mol. The Hall–Kier alpha value is -1.66. The van der Waals surface area contributed by atoms with E-state index >= 15 is 0 Å². The third-order valence-corrected chi connectivity index (χ3v) is 6.80. The lowest BCUT2D eigenvalue weighted by molar-refractivity contribution is 0.229. The third-order valence-electron chi connectivity index (χ3n) is 3.73. The predicted molar refractivity (Wildman–Crippen MR) is 100 cm³/mol. The summed E-state index contributed by atoms with van der Waals surface area (Å²) in [5.41, 5.74) is 2.88. The van der Waals surface area contributed by atoms with Crippen molar-refractivity contribution in [2.45, 2.75) is 20.8 Å². The zero-order chi connectivity index (χ0) is 18.0. The number of methoxy groups -OCH3 is 1. The second kappa shape index (κ2) is 7.30. The highest BCUT2D eigenvalue weighted by Gasteiger charge is 2.36. The van der Waals surface area contributed by atoms with Crippen LogP contribution in [0.15, 0.2) is 29.6 Å². The van der Waals surface area contributed by atoms with Crippen LogP contribution in [0.2, 0.25) is 0 Å². The molecule has 0 aliphatic carbocycles. The molecule has 0 aliphatic rings. The number of aryl methyl sites for hydroxylation is 1. The van der Waals surface area contributed by atoms with Gasteiger partial charge in [-0.05, 0) is 45.0 Å². The van der Waals surface area contributed by atoms with Crippen LogP contribution in [0.1, 0.15) is 19.5 Å². The van der Waals surface area contributed by atoms with Crippen LogP contribution in [0.3, 0.4) is 0 Å². The summed E-state index contributed by atoms with van der Waals surface area (Å²) in [5.74, 6) is 0.750. The topological polar surface area (TPSA) is 62.1 Å². The Bertz CT molecular complexity index is 907. The Morgan fingerprint density at radius 1 is 1.16 bits per heavy atom. The highest BCUT2D eigenvalue weighted by Crippen LogP contribution is 2.49. The van der Waals surface area contributed by atoms with E-state index in [1.54, 1.807) is 21.0 Å². The minimum atomic E-state index is -3.51. The summed E-state index contributed by atoms with van der Waals surface area (Å²) in [5, 5.41) is 1.98. The summed E-state index contributed by atoms with van der Waals surface area (Å²) in [7, 11) is -1.89. The first kappa shape index (κ1) is 18.1. The van der Waals surface area contributed by atoms with Gasteiger partial charge < -0.3 is 13.8 Å². The Balaban J connectivity index is 2.26. The molecule has 2 heterocycles. The lowest BCUT2D eigenvalue weighted by Crippen LogP contribution is -2.18. The Labute approximate surface area is 150 Å². The van der Waals surface area contributed by atoms with Crippen LogP contribution in [0, 0.1) is 6.92 Å². The summed E-state index contributed by atoms with van der Waals surface area (Å²) >= 11 is 1.50. The third kappa shape index (κ3) is 3.25. The molecule has 2 aromatic heterocycles. The Morgan fingerprint density at radius 3 is 2.36 bits per heavy atom. The fraction of sp³-hybridized carbons (Fsp3) is 0.353. The van der Waals surface area contributed by atoms with E-state index in [4.69, 9.17) is 18.8 Å². The largest absolute Gasteiger partial charge is 0.497 e. The molecule has 8 heteroatoms. The second-order valence-electron chi connectivity index (χ2n) is 5.34. The minimum absolute atomic E-state index is 0.287. The van der Waals surface area contributed by atoms with Crippen molar-refractivity contribution in [1.29, 1.82) is 0 Å². The predicted octanol–water partition coefficient (Wildman–Crippen LogP) is 4.27. The van der Waals surface area contributed by atoms with Gasteiger partial charge in [-0.2, -0.15) is 0 Å². The standard InChI is InChI=1S/C17H21N2O4PS/c1-5-22-24(20,23-6-2)16-15(13-7-9-14(21-4)10-8-13)18-17-19(16)12(3)11-25-17/h7-11H,5-6H2,1-4H3. The quantitative estimate of drug-likeness (QED) is 0.573. The number of hydrogen-bond acceptors (Lipinski definition) is 6. The summed E-state index contributed by atoms with van der Waals surface area (Å²) in [4.78, 5) is 5.46. The number of thiazole rings is 1. The van der Waals surface area contributed by atoms with Gasteiger partial charge in [-0.3, -0.25) is 8.97 Å². The molecule has 0 saturated carbocycles. The van der Waals surface area contributed by atoms with Crippen molar-refractivity contribution in [3.8, 4) is 17.0 Å². The molecule has 0 N–H and O–H groups in total. The molecule has 0 saturated heterocycles. The molecule has 3 aromatic rings. The van der Waals surface area contributed by atoms with Gasteiger partial charge in [0, 0.05) is 16.6 Å². The molecule has 0 spiro atoms. The van der Waals surface area contributed by atoms with Gasteiger partial charge in [0.05, 0.1) is 20.3 Å². The van der Waals surface area contributed by atoms with Gasteiger partial charge in [-0.1, -0.05) is 0 Å². The molecule has 1 aromatic carbocycles. The van der Waals surface area contributed by atoms with Gasteiger partial charge in [-0.25, -0.2) is 4.98 Å². The monoisotopic (exact) mass is 380 g/mol. The minimum Gasteiger partial charge on any atom is -0.497 e. The second-order valence-corrected chi connectivity index (χ2v) is 8.11. The molecule has 0 unspecified atom stereocenters. The van der Waals surface area contributed by atoms with Crippen LogP contribution in [-0.2, 0) is 13.6 Å². The van der Waals surface area contributed by atoms with Crippen LogP contribution in [-0.4, -0.2) is 29.7 Å². The molecule has 0 aliphatic heterocycles. The van der Waals surface area contributed by atoms with Crippen molar-refractivity contribution in [3.63, 3.8) is 0 Å². The number of hydrogen-bond donors (Lipinski definition) is 0. The summed E-state index contributed by atoms with van der Waals surface area (Å²) in [6.07, 6.45) is 0. The summed E-state index contributed by atoms with van der Waals surface area (Å²) in [6.45, 7) is 6.13. The lowest BCUT2D eigenvalue weighted by Gasteiger charge is -2.18. The average molecular weight is 380 g/mol. The van der Waals surface area contributed by atoms with Gasteiger partial charge in [0.1, 0.15) is 11.4 Å². The highest BCUT2D eigenvalue weighted by molar-refractivity contribution is 7.62. The van der Waals surface area contributed by atoms with E-state index in [1.807, 2.05) is 41.0 Å². The number of fused-ring (bicyclic) bond motifs is 1. The average Bonchev–Trinajstić information content (AvgIpc) is 3.16. The first-order chi connectivity index (χ1) is 12.0. The first-order valence-corrected chi connectivity index (χ1v) is 10.5. The van der Waals surface area contributed by atoms with Crippen LogP contribution in [0.4, 0.5) is 0 Å². The van der Waals surface area contributed by atoms with Crippen molar-refractivity contribution in [3.05, 3.63) is 35.3 Å². The Kier molecular flexibility index (Phi) is 5.29. The SMILES string of the molecule is CCOP(=O)(OCC)c1c(-c2ccc(OC)cc2)nc2scc(C)n12. The fourth-order valence-electron chi connectivity index (χ4n) is 2.67. The number of benzene rings is 1. The van der Waals surface area contributed by atoms with Crippen molar-refractivity contribution >= 4 is 29.3 Å². The van der Waals surface area contributed by atoms with E-state index < -0.39 is 7.60 Å². The highest BCUT2D eigenvalue weighted by atomic mass is 32.1. The normalized spacial score (nSPS) is 12.0. The number of rotatable bonds is 7. The maximum Gasteiger partial charge on any atom is 0.380 e. The molecule has 134 valence electrons. The summed E-state index contributed by atoms with van der Waals surface area (Å²) in [6, 6.07) is 7.50. The van der Waals surface area contributed by atoms with E-state index in [1.165, 1.54) is 11.3 Å². The number of imidazole rings is 1. The van der Waals surface area contributed by atoms with Crippen LogP contribution < -0.4 is 10.2 Å². The molecule has 0 amide bonds. The molecule has 0 radical (unpaired) electrons. The molecule has 0 fully saturated rings. The number of ether oxygens (including phenoxy) is 1. The van der Waals surface area contributed by atoms with Crippen LogP contribution >= 0.6 is 18.9 Å². The molecular formula is C17H21N2O4PS.